The van der Waals surface area contributed by atoms with Gasteiger partial charge in [0.25, 0.3) is 0 Å². The van der Waals surface area contributed by atoms with Gasteiger partial charge in [-0.1, -0.05) is 12.2 Å². The van der Waals surface area contributed by atoms with Gasteiger partial charge in [0.2, 0.25) is 0 Å². The summed E-state index contributed by atoms with van der Waals surface area (Å²) >= 11 is 0. The van der Waals surface area contributed by atoms with Crippen LogP contribution >= 0.6 is 0 Å². The fourth-order valence-corrected chi connectivity index (χ4v) is 2.20. The minimum Gasteiger partial charge on any atom is -0.463 e. The molecule has 1 aliphatic heterocycles. The monoisotopic (exact) mass is 293 g/mol. The van der Waals surface area contributed by atoms with E-state index >= 15 is 0 Å². The van der Waals surface area contributed by atoms with Crippen molar-refractivity contribution in [1.82, 2.24) is 15.5 Å². The van der Waals surface area contributed by atoms with Crippen molar-refractivity contribution >= 4 is 12.0 Å². The van der Waals surface area contributed by atoms with Gasteiger partial charge in [-0.25, -0.2) is 9.59 Å². The van der Waals surface area contributed by atoms with Crippen molar-refractivity contribution < 1.29 is 14.3 Å². The molecule has 0 aromatic rings. The van der Waals surface area contributed by atoms with Crippen molar-refractivity contribution in [3.63, 3.8) is 0 Å². The van der Waals surface area contributed by atoms with Gasteiger partial charge < -0.3 is 15.4 Å². The van der Waals surface area contributed by atoms with Crippen molar-refractivity contribution in [3.05, 3.63) is 36.6 Å². The minimum absolute atomic E-state index is 0.291. The third-order valence-electron chi connectivity index (χ3n) is 3.02. The van der Waals surface area contributed by atoms with Gasteiger partial charge in [-0.05, 0) is 13.8 Å². The average Bonchev–Trinajstić information content (AvgIpc) is 2.38. The fraction of sp³-hybridized carbons (Fsp3) is 0.467. The molecule has 116 valence electrons. The largest absolute Gasteiger partial charge is 0.463 e. The first-order chi connectivity index (χ1) is 10.0. The number of amides is 2. The highest BCUT2D eigenvalue weighted by Crippen LogP contribution is 2.15. The predicted octanol–water partition coefficient (Wildman–Crippen LogP) is 1.18. The minimum atomic E-state index is -0.412. The third-order valence-corrected chi connectivity index (χ3v) is 3.02. The van der Waals surface area contributed by atoms with E-state index < -0.39 is 5.97 Å². The molecular weight excluding hydrogens is 270 g/mol. The third kappa shape index (κ3) is 4.75. The van der Waals surface area contributed by atoms with E-state index in [0.717, 1.165) is 0 Å². The first-order valence-corrected chi connectivity index (χ1v) is 6.95. The summed E-state index contributed by atoms with van der Waals surface area (Å²) in [5.74, 6) is -0.412. The molecule has 6 nitrogen and oxygen atoms in total. The maximum Gasteiger partial charge on any atom is 0.337 e. The van der Waals surface area contributed by atoms with Crippen LogP contribution in [-0.2, 0) is 9.53 Å². The van der Waals surface area contributed by atoms with Crippen LogP contribution in [0.4, 0.5) is 4.79 Å². The molecule has 0 aliphatic carbocycles. The van der Waals surface area contributed by atoms with Crippen LogP contribution in [0.3, 0.4) is 0 Å². The molecule has 21 heavy (non-hydrogen) atoms. The van der Waals surface area contributed by atoms with Gasteiger partial charge in [0.15, 0.2) is 0 Å². The van der Waals surface area contributed by atoms with Gasteiger partial charge in [0.05, 0.1) is 18.2 Å². The number of esters is 1. The molecule has 0 saturated carbocycles. The van der Waals surface area contributed by atoms with Crippen LogP contribution in [0, 0.1) is 0 Å². The Hall–Kier alpha value is -2.08. The molecule has 0 radical (unpaired) electrons. The number of urea groups is 1. The van der Waals surface area contributed by atoms with Crippen LogP contribution in [0.1, 0.15) is 13.8 Å². The van der Waals surface area contributed by atoms with Crippen LogP contribution in [0.5, 0.6) is 0 Å². The number of carbonyl (C=O) groups is 2. The standard InChI is InChI=1S/C15H23N3O3/c1-5-8-18(9-6-2)10-12-13(14(19)21-7-3)11(4)16-15(20)17-12/h5-6,11H,1-2,7-10H2,3-4H3,(H2,16,17,20). The molecule has 1 rings (SSSR count). The maximum atomic E-state index is 12.1. The van der Waals surface area contributed by atoms with Crippen molar-refractivity contribution in [2.24, 2.45) is 0 Å². The summed E-state index contributed by atoms with van der Waals surface area (Å²) in [5.41, 5.74) is 1.02. The van der Waals surface area contributed by atoms with E-state index in [1.165, 1.54) is 0 Å². The molecule has 0 bridgehead atoms. The first-order valence-electron chi connectivity index (χ1n) is 6.95. The van der Waals surface area contributed by atoms with Gasteiger partial charge in [-0.15, -0.1) is 13.2 Å². The molecule has 0 spiro atoms. The first kappa shape index (κ1) is 17.0. The lowest BCUT2D eigenvalue weighted by Crippen LogP contribution is -2.51. The Morgan fingerprint density at radius 1 is 1.38 bits per heavy atom. The number of rotatable bonds is 8. The molecule has 0 saturated heterocycles. The smallest absolute Gasteiger partial charge is 0.337 e. The zero-order chi connectivity index (χ0) is 15.8. The Labute approximate surface area is 125 Å². The van der Waals surface area contributed by atoms with Crippen molar-refractivity contribution in [2.45, 2.75) is 19.9 Å². The van der Waals surface area contributed by atoms with E-state index in [1.54, 1.807) is 26.0 Å². The second-order valence-corrected chi connectivity index (χ2v) is 4.70. The van der Waals surface area contributed by atoms with Crippen LogP contribution < -0.4 is 10.6 Å². The molecule has 0 fully saturated rings. The SMILES string of the molecule is C=CCN(CC=C)CC1=C(C(=O)OCC)C(C)NC(=O)N1. The number of ether oxygens (including phenoxy) is 1. The summed E-state index contributed by atoms with van der Waals surface area (Å²) in [6.45, 7) is 12.9. The van der Waals surface area contributed by atoms with Crippen LogP contribution in [0.2, 0.25) is 0 Å². The quantitative estimate of drug-likeness (QED) is 0.521. The highest BCUT2D eigenvalue weighted by atomic mass is 16.5. The lowest BCUT2D eigenvalue weighted by Gasteiger charge is -2.29. The maximum absolute atomic E-state index is 12.1. The number of hydrogen-bond donors (Lipinski definition) is 2. The number of hydrogen-bond acceptors (Lipinski definition) is 4. The lowest BCUT2D eigenvalue weighted by atomic mass is 10.0. The van der Waals surface area contributed by atoms with Crippen LogP contribution in [-0.4, -0.2) is 49.2 Å². The van der Waals surface area contributed by atoms with Gasteiger partial charge in [0, 0.05) is 25.3 Å². The van der Waals surface area contributed by atoms with Gasteiger partial charge in [-0.2, -0.15) is 0 Å². The summed E-state index contributed by atoms with van der Waals surface area (Å²) in [4.78, 5) is 25.7. The Kier molecular flexibility index (Phi) is 6.68. The van der Waals surface area contributed by atoms with E-state index in [4.69, 9.17) is 4.74 Å². The van der Waals surface area contributed by atoms with Crippen molar-refractivity contribution in [3.8, 4) is 0 Å². The van der Waals surface area contributed by atoms with Crippen LogP contribution in [0.15, 0.2) is 36.6 Å². The molecular formula is C15H23N3O3. The molecule has 6 heteroatoms. The summed E-state index contributed by atoms with van der Waals surface area (Å²) in [6.07, 6.45) is 3.53. The van der Waals surface area contributed by atoms with Gasteiger partial charge in [0.1, 0.15) is 0 Å². The average molecular weight is 293 g/mol. The number of carbonyl (C=O) groups excluding carboxylic acids is 2. The summed E-state index contributed by atoms with van der Waals surface area (Å²) < 4.78 is 5.07. The normalized spacial score (nSPS) is 18.0. The Balaban J connectivity index is 3.04. The summed E-state index contributed by atoms with van der Waals surface area (Å²) in [7, 11) is 0. The highest BCUT2D eigenvalue weighted by molar-refractivity contribution is 5.94. The van der Waals surface area contributed by atoms with Crippen molar-refractivity contribution in [1.29, 1.82) is 0 Å². The molecule has 0 aromatic heterocycles. The predicted molar refractivity (Wildman–Crippen MR) is 81.6 cm³/mol. The summed E-state index contributed by atoms with van der Waals surface area (Å²) in [6, 6.07) is -0.704. The van der Waals surface area contributed by atoms with Gasteiger partial charge >= 0.3 is 12.0 Å². The highest BCUT2D eigenvalue weighted by Gasteiger charge is 2.30. The Morgan fingerprint density at radius 2 is 2.00 bits per heavy atom. The van der Waals surface area contributed by atoms with E-state index in [-0.39, 0.29) is 12.1 Å². The fourth-order valence-electron chi connectivity index (χ4n) is 2.20. The number of nitrogens with one attached hydrogen (secondary N) is 2. The lowest BCUT2D eigenvalue weighted by molar-refractivity contribution is -0.139. The molecule has 1 atom stereocenters. The second-order valence-electron chi connectivity index (χ2n) is 4.70. The molecule has 1 heterocycles. The number of nitrogens with zero attached hydrogens (tertiary/aromatic N) is 1. The molecule has 2 N–H and O–H groups in total. The Bertz CT molecular complexity index is 447. The topological polar surface area (TPSA) is 70.7 Å². The summed E-state index contributed by atoms with van der Waals surface area (Å²) in [5, 5.41) is 5.37. The van der Waals surface area contributed by atoms with Gasteiger partial charge in [-0.3, -0.25) is 4.90 Å². The van der Waals surface area contributed by atoms with Crippen LogP contribution in [0.25, 0.3) is 0 Å². The Morgan fingerprint density at radius 3 is 2.52 bits per heavy atom. The molecule has 1 aliphatic rings. The zero-order valence-electron chi connectivity index (χ0n) is 12.6. The second kappa shape index (κ2) is 8.26. The molecule has 2 amide bonds. The zero-order valence-corrected chi connectivity index (χ0v) is 12.6. The van der Waals surface area contributed by atoms with E-state index in [9.17, 15) is 9.59 Å². The van der Waals surface area contributed by atoms with E-state index in [2.05, 4.69) is 23.8 Å². The van der Waals surface area contributed by atoms with E-state index in [1.807, 2.05) is 4.90 Å². The van der Waals surface area contributed by atoms with E-state index in [0.29, 0.717) is 37.5 Å². The molecule has 0 aromatic carbocycles. The van der Waals surface area contributed by atoms with Crippen molar-refractivity contribution in [2.75, 3.05) is 26.2 Å². The molecule has 1 unspecified atom stereocenters.